The van der Waals surface area contributed by atoms with Gasteiger partial charge in [-0.15, -0.1) is 0 Å². The molecule has 1 unspecified atom stereocenters. The summed E-state index contributed by atoms with van der Waals surface area (Å²) in [6.45, 7) is 6.66. The number of rotatable bonds is 59. The summed E-state index contributed by atoms with van der Waals surface area (Å²) < 4.78 is 16.9. The molecule has 0 aromatic heterocycles. The van der Waals surface area contributed by atoms with E-state index in [1.165, 1.54) is 250 Å². The first-order chi connectivity index (χ1) is 35.0. The standard InChI is InChI=1S/C65H122O6/c1-4-7-10-13-16-19-22-24-26-28-30-31-32-33-34-36-37-39-41-43-46-49-52-55-58-64(67)70-61-62(60-69-63(66)57-54-51-48-45-21-18-15-12-9-6-3)71-65(68)59-56-53-50-47-44-42-40-38-35-29-27-25-23-20-17-14-11-8-5-2/h17,20,25,27,62H,4-16,18-19,21-24,26,28-61H2,1-3H3/b20-17-,27-25-. The van der Waals surface area contributed by atoms with Crippen LogP contribution in [0, 0.1) is 0 Å². The summed E-state index contributed by atoms with van der Waals surface area (Å²) in [5.74, 6) is -0.848. The van der Waals surface area contributed by atoms with Crippen LogP contribution in [0.3, 0.4) is 0 Å². The minimum atomic E-state index is -0.769. The number of unbranched alkanes of at least 4 members (excludes halogenated alkanes) is 44. The molecule has 0 rings (SSSR count). The van der Waals surface area contributed by atoms with Gasteiger partial charge < -0.3 is 14.2 Å². The maximum Gasteiger partial charge on any atom is 0.306 e. The maximum atomic E-state index is 12.9. The van der Waals surface area contributed by atoms with Gasteiger partial charge in [0, 0.05) is 19.3 Å². The van der Waals surface area contributed by atoms with Gasteiger partial charge in [0.2, 0.25) is 0 Å². The zero-order valence-corrected chi connectivity index (χ0v) is 48.0. The summed E-state index contributed by atoms with van der Waals surface area (Å²) in [4.78, 5) is 38.2. The molecule has 0 spiro atoms. The fourth-order valence-corrected chi connectivity index (χ4v) is 9.65. The lowest BCUT2D eigenvalue weighted by Crippen LogP contribution is -2.30. The molecule has 0 aliphatic heterocycles. The molecule has 1 atom stereocenters. The smallest absolute Gasteiger partial charge is 0.306 e. The van der Waals surface area contributed by atoms with E-state index >= 15 is 0 Å². The van der Waals surface area contributed by atoms with Crippen molar-refractivity contribution in [2.24, 2.45) is 0 Å². The lowest BCUT2D eigenvalue weighted by atomic mass is 10.0. The first kappa shape index (κ1) is 68.9. The van der Waals surface area contributed by atoms with Crippen molar-refractivity contribution in [3.8, 4) is 0 Å². The van der Waals surface area contributed by atoms with Gasteiger partial charge in [-0.1, -0.05) is 308 Å². The molecule has 0 N–H and O–H groups in total. The molecule has 0 aliphatic rings. The van der Waals surface area contributed by atoms with E-state index in [2.05, 4.69) is 45.1 Å². The Morgan fingerprint density at radius 3 is 0.803 bits per heavy atom. The zero-order valence-electron chi connectivity index (χ0n) is 48.0. The number of carbonyl (C=O) groups is 3. The molecule has 0 saturated carbocycles. The van der Waals surface area contributed by atoms with Crippen molar-refractivity contribution in [2.45, 2.75) is 361 Å². The summed E-state index contributed by atoms with van der Waals surface area (Å²) >= 11 is 0. The number of carbonyl (C=O) groups excluding carboxylic acids is 3. The van der Waals surface area contributed by atoms with Crippen LogP contribution in [0.5, 0.6) is 0 Å². The van der Waals surface area contributed by atoms with E-state index in [0.717, 1.165) is 64.2 Å². The van der Waals surface area contributed by atoms with Crippen molar-refractivity contribution in [1.29, 1.82) is 0 Å². The van der Waals surface area contributed by atoms with Crippen LogP contribution in [0.4, 0.5) is 0 Å². The molecule has 0 heterocycles. The quantitative estimate of drug-likeness (QED) is 0.0261. The Balaban J connectivity index is 4.18. The zero-order chi connectivity index (χ0) is 51.4. The molecule has 6 heteroatoms. The van der Waals surface area contributed by atoms with Crippen LogP contribution < -0.4 is 0 Å². The van der Waals surface area contributed by atoms with Crippen LogP contribution in [0.2, 0.25) is 0 Å². The highest BCUT2D eigenvalue weighted by molar-refractivity contribution is 5.71. The van der Waals surface area contributed by atoms with Crippen molar-refractivity contribution >= 4 is 17.9 Å². The van der Waals surface area contributed by atoms with Gasteiger partial charge >= 0.3 is 17.9 Å². The second-order valence-corrected chi connectivity index (χ2v) is 21.7. The Hall–Kier alpha value is -2.11. The topological polar surface area (TPSA) is 78.9 Å². The number of hydrogen-bond acceptors (Lipinski definition) is 6. The van der Waals surface area contributed by atoms with Crippen LogP contribution in [0.25, 0.3) is 0 Å². The van der Waals surface area contributed by atoms with Crippen molar-refractivity contribution < 1.29 is 28.6 Å². The van der Waals surface area contributed by atoms with Crippen LogP contribution in [-0.2, 0) is 28.6 Å². The highest BCUT2D eigenvalue weighted by atomic mass is 16.6. The summed E-state index contributed by atoms with van der Waals surface area (Å²) in [5, 5.41) is 0. The predicted octanol–water partition coefficient (Wildman–Crippen LogP) is 21.4. The van der Waals surface area contributed by atoms with E-state index in [1.807, 2.05) is 0 Å². The lowest BCUT2D eigenvalue weighted by Gasteiger charge is -2.18. The summed E-state index contributed by atoms with van der Waals surface area (Å²) in [6, 6.07) is 0. The van der Waals surface area contributed by atoms with Gasteiger partial charge in [0.05, 0.1) is 0 Å². The van der Waals surface area contributed by atoms with Gasteiger partial charge in [0.15, 0.2) is 6.10 Å². The average molecular weight is 1000 g/mol. The summed E-state index contributed by atoms with van der Waals surface area (Å²) in [7, 11) is 0. The third-order valence-electron chi connectivity index (χ3n) is 14.5. The minimum absolute atomic E-state index is 0.0671. The van der Waals surface area contributed by atoms with Gasteiger partial charge in [0.1, 0.15) is 13.2 Å². The predicted molar refractivity (Wildman–Crippen MR) is 307 cm³/mol. The van der Waals surface area contributed by atoms with E-state index in [-0.39, 0.29) is 31.1 Å². The van der Waals surface area contributed by atoms with Gasteiger partial charge in [0.25, 0.3) is 0 Å². The van der Waals surface area contributed by atoms with Crippen LogP contribution in [0.1, 0.15) is 355 Å². The number of hydrogen-bond donors (Lipinski definition) is 0. The first-order valence-electron chi connectivity index (χ1n) is 31.8. The molecule has 0 bridgehead atoms. The van der Waals surface area contributed by atoms with Crippen molar-refractivity contribution in [2.75, 3.05) is 13.2 Å². The molecule has 0 aromatic carbocycles. The third kappa shape index (κ3) is 58.7. The fraction of sp³-hybridized carbons (Fsp3) is 0.892. The number of allylic oxidation sites excluding steroid dienone is 4. The second kappa shape index (κ2) is 60.4. The SMILES string of the molecule is CCCCC/C=C\C/C=C\CCCCCCCCCCCC(=O)OC(COC(=O)CCCCCCCCCCCC)COC(=O)CCCCCCCCCCCCCCCCCCCCCCCCCC. The molecule has 71 heavy (non-hydrogen) atoms. The van der Waals surface area contributed by atoms with Gasteiger partial charge in [-0.3, -0.25) is 14.4 Å². The van der Waals surface area contributed by atoms with Crippen LogP contribution in [-0.4, -0.2) is 37.2 Å². The summed E-state index contributed by atoms with van der Waals surface area (Å²) in [5.41, 5.74) is 0. The fourth-order valence-electron chi connectivity index (χ4n) is 9.65. The normalized spacial score (nSPS) is 12.1. The average Bonchev–Trinajstić information content (AvgIpc) is 3.37. The van der Waals surface area contributed by atoms with Gasteiger partial charge in [-0.25, -0.2) is 0 Å². The Kier molecular flexibility index (Phi) is 58.6. The Morgan fingerprint density at radius 1 is 0.282 bits per heavy atom. The first-order valence-corrected chi connectivity index (χ1v) is 31.8. The van der Waals surface area contributed by atoms with Crippen molar-refractivity contribution in [3.05, 3.63) is 24.3 Å². The molecule has 6 nitrogen and oxygen atoms in total. The number of esters is 3. The Morgan fingerprint density at radius 2 is 0.507 bits per heavy atom. The molecule has 0 aromatic rings. The van der Waals surface area contributed by atoms with E-state index in [1.54, 1.807) is 0 Å². The van der Waals surface area contributed by atoms with Crippen LogP contribution in [0.15, 0.2) is 24.3 Å². The molecule has 0 amide bonds. The molecule has 0 fully saturated rings. The summed E-state index contributed by atoms with van der Waals surface area (Å²) in [6.07, 6.45) is 71.9. The second-order valence-electron chi connectivity index (χ2n) is 21.7. The largest absolute Gasteiger partial charge is 0.462 e. The van der Waals surface area contributed by atoms with Gasteiger partial charge in [-0.2, -0.15) is 0 Å². The molecular formula is C65H122O6. The van der Waals surface area contributed by atoms with Crippen molar-refractivity contribution in [1.82, 2.24) is 0 Å². The minimum Gasteiger partial charge on any atom is -0.462 e. The van der Waals surface area contributed by atoms with E-state index < -0.39 is 6.10 Å². The monoisotopic (exact) mass is 999 g/mol. The Bertz CT molecular complexity index is 1150. The van der Waals surface area contributed by atoms with Crippen molar-refractivity contribution in [3.63, 3.8) is 0 Å². The highest BCUT2D eigenvalue weighted by Crippen LogP contribution is 2.18. The van der Waals surface area contributed by atoms with E-state index in [9.17, 15) is 14.4 Å². The van der Waals surface area contributed by atoms with Gasteiger partial charge in [-0.05, 0) is 51.4 Å². The molecule has 0 aliphatic carbocycles. The molecule has 418 valence electrons. The molecule has 0 radical (unpaired) electrons. The number of ether oxygens (including phenoxy) is 3. The van der Waals surface area contributed by atoms with E-state index in [0.29, 0.717) is 19.3 Å². The lowest BCUT2D eigenvalue weighted by molar-refractivity contribution is -0.167. The Labute approximate surface area is 443 Å². The maximum absolute atomic E-state index is 12.9. The molecular weight excluding hydrogens is 877 g/mol. The molecule has 0 saturated heterocycles. The van der Waals surface area contributed by atoms with Crippen LogP contribution >= 0.6 is 0 Å². The third-order valence-corrected chi connectivity index (χ3v) is 14.5. The highest BCUT2D eigenvalue weighted by Gasteiger charge is 2.19. The van der Waals surface area contributed by atoms with E-state index in [4.69, 9.17) is 14.2 Å².